The molecule has 2 aromatic rings. The van der Waals surface area contributed by atoms with Gasteiger partial charge in [0.1, 0.15) is 5.75 Å². The lowest BCUT2D eigenvalue weighted by molar-refractivity contribution is 0.177. The first kappa shape index (κ1) is 16.8. The number of sulfonamides is 1. The molecule has 22 heavy (non-hydrogen) atoms. The summed E-state index contributed by atoms with van der Waals surface area (Å²) in [6.45, 7) is -0.161. The fraction of sp³-hybridized carbons (Fsp3) is 0.200. The highest BCUT2D eigenvalue weighted by atomic mass is 35.5. The molecule has 0 aromatic heterocycles. The Morgan fingerprint density at radius 3 is 2.45 bits per heavy atom. The van der Waals surface area contributed by atoms with Gasteiger partial charge in [0.2, 0.25) is 10.0 Å². The van der Waals surface area contributed by atoms with Crippen LogP contribution in [0.2, 0.25) is 5.02 Å². The van der Waals surface area contributed by atoms with Crippen molar-refractivity contribution in [1.29, 1.82) is 0 Å². The van der Waals surface area contributed by atoms with Crippen LogP contribution >= 0.6 is 11.6 Å². The van der Waals surface area contributed by atoms with Crippen molar-refractivity contribution >= 4 is 21.6 Å². The minimum atomic E-state index is -3.71. The number of aliphatic hydroxyl groups is 1. The molecule has 2 N–H and O–H groups in total. The van der Waals surface area contributed by atoms with Gasteiger partial charge in [-0.2, -0.15) is 0 Å². The van der Waals surface area contributed by atoms with Crippen LogP contribution in [0.25, 0.3) is 0 Å². The molecule has 2 aromatic carbocycles. The van der Waals surface area contributed by atoms with Crippen molar-refractivity contribution in [1.82, 2.24) is 4.72 Å². The quantitative estimate of drug-likeness (QED) is 0.845. The molecule has 0 aliphatic rings. The summed E-state index contributed by atoms with van der Waals surface area (Å²) < 4.78 is 31.8. The van der Waals surface area contributed by atoms with Crippen molar-refractivity contribution in [2.24, 2.45) is 0 Å². The molecule has 0 aliphatic carbocycles. The van der Waals surface area contributed by atoms with E-state index in [-0.39, 0.29) is 11.4 Å². The van der Waals surface area contributed by atoms with Gasteiger partial charge in [-0.1, -0.05) is 29.8 Å². The molecule has 1 atom stereocenters. The lowest BCUT2D eigenvalue weighted by Crippen LogP contribution is -2.28. The van der Waals surface area contributed by atoms with Crippen molar-refractivity contribution in [3.63, 3.8) is 0 Å². The first-order valence-corrected chi connectivity index (χ1v) is 8.36. The number of nitrogens with one attached hydrogen (secondary N) is 1. The number of hydrogen-bond acceptors (Lipinski definition) is 4. The van der Waals surface area contributed by atoms with Crippen molar-refractivity contribution < 1.29 is 18.3 Å². The summed E-state index contributed by atoms with van der Waals surface area (Å²) in [4.78, 5) is 0.0872. The van der Waals surface area contributed by atoms with E-state index in [1.807, 2.05) is 0 Å². The number of benzene rings is 2. The second-order valence-corrected chi connectivity index (χ2v) is 6.77. The van der Waals surface area contributed by atoms with Crippen LogP contribution in [0.15, 0.2) is 53.4 Å². The maximum absolute atomic E-state index is 12.1. The Kier molecular flexibility index (Phi) is 5.42. The van der Waals surface area contributed by atoms with Gasteiger partial charge in [-0.15, -0.1) is 0 Å². The highest BCUT2D eigenvalue weighted by Crippen LogP contribution is 2.24. The molecule has 0 saturated heterocycles. The number of hydrogen-bond donors (Lipinski definition) is 2. The second-order valence-electron chi connectivity index (χ2n) is 4.56. The number of halogens is 1. The molecule has 118 valence electrons. The first-order valence-electron chi connectivity index (χ1n) is 6.50. The number of para-hydroxylation sites is 1. The van der Waals surface area contributed by atoms with E-state index < -0.39 is 16.1 Å². The SMILES string of the molecule is COc1ccccc1[C@@H](O)CNS(=O)(=O)c1ccc(Cl)cc1. The van der Waals surface area contributed by atoms with Gasteiger partial charge in [0.25, 0.3) is 0 Å². The summed E-state index contributed by atoms with van der Waals surface area (Å²) in [5.41, 5.74) is 0.517. The topological polar surface area (TPSA) is 75.6 Å². The predicted molar refractivity (Wildman–Crippen MR) is 84.6 cm³/mol. The zero-order valence-corrected chi connectivity index (χ0v) is 13.4. The summed E-state index contributed by atoms with van der Waals surface area (Å²) in [5.74, 6) is 0.501. The molecule has 0 amide bonds. The van der Waals surface area contributed by atoms with Gasteiger partial charge < -0.3 is 9.84 Å². The van der Waals surface area contributed by atoms with Crippen LogP contribution in [0.1, 0.15) is 11.7 Å². The van der Waals surface area contributed by atoms with Crippen molar-refractivity contribution in [3.8, 4) is 5.75 Å². The average molecular weight is 342 g/mol. The lowest BCUT2D eigenvalue weighted by atomic mass is 10.1. The van der Waals surface area contributed by atoms with Crippen LogP contribution in [-0.2, 0) is 10.0 Å². The molecule has 0 radical (unpaired) electrons. The van der Waals surface area contributed by atoms with E-state index in [0.717, 1.165) is 0 Å². The molecule has 0 aliphatic heterocycles. The van der Waals surface area contributed by atoms with Gasteiger partial charge in [-0.25, -0.2) is 13.1 Å². The maximum Gasteiger partial charge on any atom is 0.240 e. The van der Waals surface area contributed by atoms with Crippen LogP contribution in [0.5, 0.6) is 5.75 Å². The molecule has 0 heterocycles. The zero-order valence-electron chi connectivity index (χ0n) is 11.9. The van der Waals surface area contributed by atoms with Crippen LogP contribution in [0.3, 0.4) is 0 Å². The molecule has 0 saturated carbocycles. The van der Waals surface area contributed by atoms with Crippen LogP contribution < -0.4 is 9.46 Å². The normalized spacial score (nSPS) is 12.9. The molecule has 0 bridgehead atoms. The zero-order chi connectivity index (χ0) is 16.2. The molecule has 5 nitrogen and oxygen atoms in total. The third kappa shape index (κ3) is 3.98. The summed E-state index contributed by atoms with van der Waals surface area (Å²) in [6.07, 6.45) is -1.02. The van der Waals surface area contributed by atoms with E-state index in [0.29, 0.717) is 16.3 Å². The third-order valence-electron chi connectivity index (χ3n) is 3.09. The van der Waals surface area contributed by atoms with Gasteiger partial charge in [-0.3, -0.25) is 0 Å². The standard InChI is InChI=1S/C15H16ClNO4S/c1-21-15-5-3-2-4-13(15)14(18)10-17-22(19,20)12-8-6-11(16)7-9-12/h2-9,14,17-18H,10H2,1H3/t14-/m0/s1. The molecule has 2 rings (SSSR count). The fourth-order valence-electron chi connectivity index (χ4n) is 1.94. The van der Waals surface area contributed by atoms with Crippen LogP contribution in [0, 0.1) is 0 Å². The fourth-order valence-corrected chi connectivity index (χ4v) is 3.10. The number of methoxy groups -OCH3 is 1. The van der Waals surface area contributed by atoms with Crippen molar-refractivity contribution in [2.45, 2.75) is 11.0 Å². The Labute approximate surface area is 134 Å². The molecule has 7 heteroatoms. The van der Waals surface area contributed by atoms with E-state index in [2.05, 4.69) is 4.72 Å². The Balaban J connectivity index is 2.10. The lowest BCUT2D eigenvalue weighted by Gasteiger charge is -2.15. The molecule has 0 unspecified atom stereocenters. The number of rotatable bonds is 6. The maximum atomic E-state index is 12.1. The van der Waals surface area contributed by atoms with Gasteiger partial charge in [-0.05, 0) is 30.3 Å². The van der Waals surface area contributed by atoms with Crippen molar-refractivity contribution in [2.75, 3.05) is 13.7 Å². The van der Waals surface area contributed by atoms with Gasteiger partial charge in [0.05, 0.1) is 18.1 Å². The summed E-state index contributed by atoms with van der Waals surface area (Å²) >= 11 is 5.73. The average Bonchev–Trinajstić information content (AvgIpc) is 2.53. The third-order valence-corrected chi connectivity index (χ3v) is 4.78. The summed E-state index contributed by atoms with van der Waals surface area (Å²) in [5, 5.41) is 10.6. The van der Waals surface area contributed by atoms with E-state index in [4.69, 9.17) is 16.3 Å². The van der Waals surface area contributed by atoms with E-state index in [9.17, 15) is 13.5 Å². The predicted octanol–water partition coefficient (Wildman–Crippen LogP) is 2.36. The smallest absolute Gasteiger partial charge is 0.240 e. The summed E-state index contributed by atoms with van der Waals surface area (Å²) in [6, 6.07) is 12.7. The Hall–Kier alpha value is -1.60. The molecule has 0 fully saturated rings. The molecule has 0 spiro atoms. The van der Waals surface area contributed by atoms with Gasteiger partial charge in [0, 0.05) is 17.1 Å². The van der Waals surface area contributed by atoms with E-state index in [1.54, 1.807) is 24.3 Å². The molecular formula is C15H16ClNO4S. The second kappa shape index (κ2) is 7.11. The van der Waals surface area contributed by atoms with E-state index in [1.165, 1.54) is 31.4 Å². The van der Waals surface area contributed by atoms with E-state index >= 15 is 0 Å². The monoisotopic (exact) mass is 341 g/mol. The van der Waals surface area contributed by atoms with Crippen molar-refractivity contribution in [3.05, 3.63) is 59.1 Å². The Bertz CT molecular complexity index is 731. The highest BCUT2D eigenvalue weighted by molar-refractivity contribution is 7.89. The highest BCUT2D eigenvalue weighted by Gasteiger charge is 2.18. The minimum absolute atomic E-state index is 0.0872. The number of aliphatic hydroxyl groups excluding tert-OH is 1. The number of ether oxygens (including phenoxy) is 1. The van der Waals surface area contributed by atoms with Crippen LogP contribution in [0.4, 0.5) is 0 Å². The minimum Gasteiger partial charge on any atom is -0.496 e. The van der Waals surface area contributed by atoms with Gasteiger partial charge >= 0.3 is 0 Å². The van der Waals surface area contributed by atoms with Crippen LogP contribution in [-0.4, -0.2) is 27.2 Å². The molecular weight excluding hydrogens is 326 g/mol. The Morgan fingerprint density at radius 2 is 1.82 bits per heavy atom. The Morgan fingerprint density at radius 1 is 1.18 bits per heavy atom. The first-order chi connectivity index (χ1) is 10.4. The largest absolute Gasteiger partial charge is 0.496 e. The summed E-state index contributed by atoms with van der Waals surface area (Å²) in [7, 11) is -2.22. The van der Waals surface area contributed by atoms with Gasteiger partial charge in [0.15, 0.2) is 0 Å².